The van der Waals surface area contributed by atoms with Crippen molar-refractivity contribution in [3.8, 4) is 17.3 Å². The van der Waals surface area contributed by atoms with Gasteiger partial charge >= 0.3 is 0 Å². The van der Waals surface area contributed by atoms with Crippen molar-refractivity contribution >= 4 is 29.2 Å². The highest BCUT2D eigenvalue weighted by atomic mass is 35.5. The Kier molecular flexibility index (Phi) is 3.21. The molecule has 0 fully saturated rings. The first-order valence-corrected chi connectivity index (χ1v) is 6.21. The van der Waals surface area contributed by atoms with Crippen molar-refractivity contribution in [1.82, 2.24) is 29.7 Å². The Morgan fingerprint density at radius 2 is 1.95 bits per heavy atom. The van der Waals surface area contributed by atoms with E-state index in [1.807, 2.05) is 0 Å². The van der Waals surface area contributed by atoms with E-state index in [0.717, 1.165) is 0 Å². The van der Waals surface area contributed by atoms with Gasteiger partial charge in [0.05, 0.1) is 5.02 Å². The summed E-state index contributed by atoms with van der Waals surface area (Å²) in [5, 5.41) is 4.92. The summed E-state index contributed by atoms with van der Waals surface area (Å²) in [5.41, 5.74) is 6.26. The summed E-state index contributed by atoms with van der Waals surface area (Å²) in [5.74, 6) is 0.619. The Labute approximate surface area is 123 Å². The third-order valence-electron chi connectivity index (χ3n) is 2.43. The van der Waals surface area contributed by atoms with Gasteiger partial charge in [0.1, 0.15) is 12.7 Å². The summed E-state index contributed by atoms with van der Waals surface area (Å²) in [6.07, 6.45) is 2.82. The number of anilines is 1. The van der Waals surface area contributed by atoms with Crippen LogP contribution in [0.25, 0.3) is 17.3 Å². The summed E-state index contributed by atoms with van der Waals surface area (Å²) in [7, 11) is 0. The molecular weight excluding hydrogens is 301 g/mol. The molecule has 0 radical (unpaired) electrons. The Balaban J connectivity index is 2.17. The van der Waals surface area contributed by atoms with Crippen molar-refractivity contribution in [2.75, 3.05) is 5.73 Å². The molecule has 0 bridgehead atoms. The van der Waals surface area contributed by atoms with E-state index in [4.69, 9.17) is 28.9 Å². The lowest BCUT2D eigenvalue weighted by Gasteiger charge is -2.06. The predicted molar refractivity (Wildman–Crippen MR) is 74.6 cm³/mol. The largest absolute Gasteiger partial charge is 0.368 e. The van der Waals surface area contributed by atoms with Crippen LogP contribution in [0.4, 0.5) is 5.95 Å². The fourth-order valence-electron chi connectivity index (χ4n) is 1.58. The number of nitrogens with zero attached hydrogens (tertiary/aromatic N) is 6. The molecule has 0 unspecified atom stereocenters. The van der Waals surface area contributed by atoms with Gasteiger partial charge in [-0.3, -0.25) is 0 Å². The molecule has 3 rings (SSSR count). The molecule has 0 aliphatic heterocycles. The van der Waals surface area contributed by atoms with Crippen LogP contribution in [0.1, 0.15) is 0 Å². The zero-order valence-electron chi connectivity index (χ0n) is 9.90. The molecule has 1 aromatic carbocycles. The average Bonchev–Trinajstić information content (AvgIpc) is 2.95. The molecule has 3 aromatic rings. The van der Waals surface area contributed by atoms with Crippen molar-refractivity contribution in [2.45, 2.75) is 0 Å². The molecule has 0 aliphatic rings. The second-order valence-corrected chi connectivity index (χ2v) is 4.63. The van der Waals surface area contributed by atoms with Gasteiger partial charge in [-0.1, -0.05) is 23.2 Å². The van der Waals surface area contributed by atoms with Crippen LogP contribution in [0.2, 0.25) is 10.0 Å². The molecule has 7 nitrogen and oxygen atoms in total. The first-order valence-electron chi connectivity index (χ1n) is 5.45. The van der Waals surface area contributed by atoms with Crippen molar-refractivity contribution in [1.29, 1.82) is 0 Å². The first kappa shape index (κ1) is 12.8. The minimum absolute atomic E-state index is 0.0524. The number of nitrogen functional groups attached to an aromatic ring is 1. The molecule has 2 N–H and O–H groups in total. The normalized spacial score (nSPS) is 10.7. The van der Waals surface area contributed by atoms with Crippen LogP contribution in [-0.2, 0) is 0 Å². The maximum atomic E-state index is 6.13. The second kappa shape index (κ2) is 5.03. The van der Waals surface area contributed by atoms with Crippen LogP contribution in [0.3, 0.4) is 0 Å². The number of nitrogens with two attached hydrogens (primary N) is 1. The SMILES string of the molecule is Nc1nc(-c2cc(Cl)ccc2Cl)nc(-n2cncn2)n1. The number of aromatic nitrogens is 6. The number of hydrogen-bond acceptors (Lipinski definition) is 6. The molecule has 2 aromatic heterocycles. The van der Waals surface area contributed by atoms with Gasteiger partial charge in [0.15, 0.2) is 5.82 Å². The average molecular weight is 308 g/mol. The van der Waals surface area contributed by atoms with Gasteiger partial charge in [0, 0.05) is 10.6 Å². The molecular formula is C11H7Cl2N7. The van der Waals surface area contributed by atoms with Gasteiger partial charge in [0.2, 0.25) is 5.95 Å². The lowest BCUT2D eigenvalue weighted by molar-refractivity contribution is 0.800. The monoisotopic (exact) mass is 307 g/mol. The van der Waals surface area contributed by atoms with Gasteiger partial charge in [-0.15, -0.1) is 0 Å². The maximum Gasteiger partial charge on any atom is 0.257 e. The standard InChI is InChI=1S/C11H7Cl2N7/c12-6-1-2-8(13)7(3-6)9-17-10(14)19-11(18-9)20-5-15-4-16-20/h1-5H,(H2,14,17,18,19). The molecule has 0 amide bonds. The van der Waals surface area contributed by atoms with Crippen LogP contribution >= 0.6 is 23.2 Å². The molecule has 9 heteroatoms. The van der Waals surface area contributed by atoms with Gasteiger partial charge in [-0.25, -0.2) is 4.98 Å². The fourth-order valence-corrected chi connectivity index (χ4v) is 1.96. The molecule has 0 saturated heterocycles. The molecule has 0 atom stereocenters. The van der Waals surface area contributed by atoms with Crippen LogP contribution in [-0.4, -0.2) is 29.7 Å². The van der Waals surface area contributed by atoms with Gasteiger partial charge in [-0.2, -0.15) is 24.7 Å². The molecule has 0 aliphatic carbocycles. The van der Waals surface area contributed by atoms with E-state index in [9.17, 15) is 0 Å². The summed E-state index contributed by atoms with van der Waals surface area (Å²) < 4.78 is 1.37. The van der Waals surface area contributed by atoms with E-state index in [2.05, 4.69) is 25.0 Å². The predicted octanol–water partition coefficient (Wildman–Crippen LogP) is 2.01. The fraction of sp³-hybridized carbons (Fsp3) is 0. The first-order chi connectivity index (χ1) is 9.63. The summed E-state index contributed by atoms with van der Waals surface area (Å²) in [4.78, 5) is 16.1. The van der Waals surface area contributed by atoms with Crippen LogP contribution in [0, 0.1) is 0 Å². The number of halogens is 2. The summed E-state index contributed by atoms with van der Waals surface area (Å²) >= 11 is 12.1. The van der Waals surface area contributed by atoms with Gasteiger partial charge in [-0.05, 0) is 18.2 Å². The molecule has 0 saturated carbocycles. The third-order valence-corrected chi connectivity index (χ3v) is 3.00. The summed E-state index contributed by atoms with van der Waals surface area (Å²) in [6.45, 7) is 0. The van der Waals surface area contributed by atoms with E-state index < -0.39 is 0 Å². The smallest absolute Gasteiger partial charge is 0.257 e. The zero-order chi connectivity index (χ0) is 14.1. The van der Waals surface area contributed by atoms with Crippen LogP contribution in [0.15, 0.2) is 30.9 Å². The molecule has 2 heterocycles. The van der Waals surface area contributed by atoms with E-state index in [0.29, 0.717) is 21.4 Å². The number of benzene rings is 1. The Morgan fingerprint density at radius 1 is 1.10 bits per heavy atom. The topological polar surface area (TPSA) is 95.4 Å². The molecule has 20 heavy (non-hydrogen) atoms. The van der Waals surface area contributed by atoms with Crippen LogP contribution < -0.4 is 5.73 Å². The van der Waals surface area contributed by atoms with Gasteiger partial charge < -0.3 is 5.73 Å². The van der Waals surface area contributed by atoms with Crippen molar-refractivity contribution in [3.63, 3.8) is 0 Å². The third kappa shape index (κ3) is 2.40. The van der Waals surface area contributed by atoms with E-state index in [1.165, 1.54) is 17.3 Å². The highest BCUT2D eigenvalue weighted by Gasteiger charge is 2.12. The minimum Gasteiger partial charge on any atom is -0.368 e. The van der Waals surface area contributed by atoms with Crippen molar-refractivity contribution in [2.24, 2.45) is 0 Å². The lowest BCUT2D eigenvalue weighted by Crippen LogP contribution is -2.08. The highest BCUT2D eigenvalue weighted by Crippen LogP contribution is 2.28. The Bertz CT molecular complexity index is 757. The van der Waals surface area contributed by atoms with Crippen molar-refractivity contribution < 1.29 is 0 Å². The Hall–Kier alpha value is -2.25. The quantitative estimate of drug-likeness (QED) is 0.778. The van der Waals surface area contributed by atoms with E-state index >= 15 is 0 Å². The number of hydrogen-bond donors (Lipinski definition) is 1. The van der Waals surface area contributed by atoms with E-state index in [-0.39, 0.29) is 11.9 Å². The highest BCUT2D eigenvalue weighted by molar-refractivity contribution is 6.35. The maximum absolute atomic E-state index is 6.13. The number of rotatable bonds is 2. The lowest BCUT2D eigenvalue weighted by atomic mass is 10.2. The zero-order valence-corrected chi connectivity index (χ0v) is 11.4. The minimum atomic E-state index is 0.0524. The Morgan fingerprint density at radius 3 is 2.70 bits per heavy atom. The molecule has 100 valence electrons. The van der Waals surface area contributed by atoms with Gasteiger partial charge in [0.25, 0.3) is 5.95 Å². The molecule has 0 spiro atoms. The second-order valence-electron chi connectivity index (χ2n) is 3.78. The summed E-state index contributed by atoms with van der Waals surface area (Å²) in [6, 6.07) is 4.99. The van der Waals surface area contributed by atoms with Crippen LogP contribution in [0.5, 0.6) is 0 Å². The van der Waals surface area contributed by atoms with Crippen molar-refractivity contribution in [3.05, 3.63) is 40.9 Å². The van der Waals surface area contributed by atoms with E-state index in [1.54, 1.807) is 18.2 Å².